The molecule has 14 heavy (non-hydrogen) atoms. The van der Waals surface area contributed by atoms with Crippen LogP contribution in [0.4, 0.5) is 0 Å². The summed E-state index contributed by atoms with van der Waals surface area (Å²) in [5.74, 6) is 4.36. The molecule has 72 valence electrons. The summed E-state index contributed by atoms with van der Waals surface area (Å²) in [4.78, 5) is 26.9. The van der Waals surface area contributed by atoms with Crippen molar-refractivity contribution in [3.63, 3.8) is 0 Å². The normalized spacial score (nSPS) is 10.4. The van der Waals surface area contributed by atoms with Gasteiger partial charge in [-0.1, -0.05) is 0 Å². The summed E-state index contributed by atoms with van der Waals surface area (Å²) in [6.07, 6.45) is 1.60. The molecule has 6 nitrogen and oxygen atoms in total. The molecule has 2 aromatic rings. The van der Waals surface area contributed by atoms with Crippen molar-refractivity contribution < 1.29 is 4.79 Å². The second-order valence-electron chi connectivity index (χ2n) is 2.51. The van der Waals surface area contributed by atoms with E-state index in [0.29, 0.717) is 4.96 Å². The van der Waals surface area contributed by atoms with Crippen LogP contribution in [0.5, 0.6) is 0 Å². The summed E-state index contributed by atoms with van der Waals surface area (Å²) in [6.45, 7) is 0. The zero-order valence-corrected chi connectivity index (χ0v) is 7.75. The van der Waals surface area contributed by atoms with E-state index in [-0.39, 0.29) is 11.3 Å². The van der Waals surface area contributed by atoms with Gasteiger partial charge < -0.3 is 0 Å². The van der Waals surface area contributed by atoms with Crippen LogP contribution in [0.2, 0.25) is 0 Å². The van der Waals surface area contributed by atoms with Gasteiger partial charge in [0.2, 0.25) is 0 Å². The molecule has 2 rings (SSSR count). The molecular formula is C7H6N4O2S. The number of carbonyl (C=O) groups excluding carboxylic acids is 1. The predicted molar refractivity (Wildman–Crippen MR) is 51.0 cm³/mol. The van der Waals surface area contributed by atoms with Gasteiger partial charge >= 0.3 is 0 Å². The molecule has 2 aromatic heterocycles. The minimum atomic E-state index is -0.571. The van der Waals surface area contributed by atoms with Crippen molar-refractivity contribution in [3.05, 3.63) is 33.7 Å². The number of carbonyl (C=O) groups is 1. The highest BCUT2D eigenvalue weighted by Crippen LogP contribution is 2.05. The van der Waals surface area contributed by atoms with E-state index in [2.05, 4.69) is 4.98 Å². The molecular weight excluding hydrogens is 204 g/mol. The van der Waals surface area contributed by atoms with Crippen molar-refractivity contribution in [2.45, 2.75) is 0 Å². The number of nitrogen functional groups attached to an aromatic ring is 1. The van der Waals surface area contributed by atoms with Gasteiger partial charge in [0.1, 0.15) is 5.69 Å². The first-order chi connectivity index (χ1) is 6.72. The van der Waals surface area contributed by atoms with Crippen LogP contribution in [0.25, 0.3) is 4.96 Å². The largest absolute Gasteiger partial charge is 0.289 e. The SMILES string of the molecule is NNC(=O)c1cc(=O)n2ccsc2n1. The van der Waals surface area contributed by atoms with Gasteiger partial charge in [0, 0.05) is 17.6 Å². The van der Waals surface area contributed by atoms with E-state index in [1.165, 1.54) is 15.7 Å². The van der Waals surface area contributed by atoms with E-state index in [9.17, 15) is 9.59 Å². The molecule has 0 atom stereocenters. The minimum Gasteiger partial charge on any atom is -0.289 e. The Balaban J connectivity index is 2.70. The average Bonchev–Trinajstić information content (AvgIpc) is 2.64. The quantitative estimate of drug-likeness (QED) is 0.372. The number of fused-ring (bicyclic) bond motifs is 1. The molecule has 0 aliphatic heterocycles. The maximum atomic E-state index is 11.4. The van der Waals surface area contributed by atoms with Crippen LogP contribution >= 0.6 is 11.3 Å². The van der Waals surface area contributed by atoms with Crippen LogP contribution in [-0.2, 0) is 0 Å². The number of rotatable bonds is 1. The number of nitrogens with one attached hydrogen (secondary N) is 1. The molecule has 0 saturated carbocycles. The van der Waals surface area contributed by atoms with Gasteiger partial charge in [-0.25, -0.2) is 10.8 Å². The Bertz CT molecular complexity index is 544. The molecule has 0 aliphatic carbocycles. The molecule has 0 fully saturated rings. The second kappa shape index (κ2) is 3.20. The average molecular weight is 210 g/mol. The maximum absolute atomic E-state index is 11.4. The van der Waals surface area contributed by atoms with Gasteiger partial charge in [-0.15, -0.1) is 11.3 Å². The number of nitrogens with zero attached hydrogens (tertiary/aromatic N) is 2. The van der Waals surface area contributed by atoms with Crippen LogP contribution in [0.3, 0.4) is 0 Å². The fourth-order valence-electron chi connectivity index (χ4n) is 1.03. The fourth-order valence-corrected chi connectivity index (χ4v) is 1.75. The topological polar surface area (TPSA) is 89.5 Å². The second-order valence-corrected chi connectivity index (χ2v) is 3.38. The summed E-state index contributed by atoms with van der Waals surface area (Å²) < 4.78 is 1.36. The Hall–Kier alpha value is -1.73. The van der Waals surface area contributed by atoms with Gasteiger partial charge in [-0.2, -0.15) is 0 Å². The first kappa shape index (κ1) is 8.85. The lowest BCUT2D eigenvalue weighted by molar-refractivity contribution is 0.0948. The third-order valence-electron chi connectivity index (χ3n) is 1.67. The summed E-state index contributed by atoms with van der Waals surface area (Å²) in [5, 5.41) is 1.72. The minimum absolute atomic E-state index is 0.0277. The standard InChI is InChI=1S/C7H6N4O2S/c8-10-6(13)4-3-5(12)11-1-2-14-7(11)9-4/h1-3H,8H2,(H,10,13). The third-order valence-corrected chi connectivity index (χ3v) is 2.42. The van der Waals surface area contributed by atoms with E-state index in [1.807, 2.05) is 5.43 Å². The number of hydrogen-bond donors (Lipinski definition) is 2. The first-order valence-corrected chi connectivity index (χ1v) is 4.58. The van der Waals surface area contributed by atoms with Crippen molar-refractivity contribution >= 4 is 22.2 Å². The lowest BCUT2D eigenvalue weighted by atomic mass is 10.4. The van der Waals surface area contributed by atoms with E-state index in [1.54, 1.807) is 11.6 Å². The number of thiazole rings is 1. The van der Waals surface area contributed by atoms with Crippen LogP contribution in [0.1, 0.15) is 10.5 Å². The van der Waals surface area contributed by atoms with Crippen molar-refractivity contribution in [2.24, 2.45) is 5.84 Å². The molecule has 0 aromatic carbocycles. The molecule has 7 heteroatoms. The number of nitrogens with two attached hydrogens (primary N) is 1. The number of aromatic nitrogens is 2. The highest BCUT2D eigenvalue weighted by molar-refractivity contribution is 7.15. The lowest BCUT2D eigenvalue weighted by Gasteiger charge is -1.97. The van der Waals surface area contributed by atoms with E-state index < -0.39 is 5.91 Å². The van der Waals surface area contributed by atoms with Gasteiger partial charge in [0.25, 0.3) is 11.5 Å². The summed E-state index contributed by atoms with van der Waals surface area (Å²) in [6, 6.07) is 1.14. The first-order valence-electron chi connectivity index (χ1n) is 3.70. The highest BCUT2D eigenvalue weighted by Gasteiger charge is 2.08. The monoisotopic (exact) mass is 210 g/mol. The summed E-state index contributed by atoms with van der Waals surface area (Å²) in [5.41, 5.74) is 1.65. The molecule has 0 unspecified atom stereocenters. The Morgan fingerprint density at radius 1 is 1.64 bits per heavy atom. The van der Waals surface area contributed by atoms with Crippen LogP contribution in [-0.4, -0.2) is 15.3 Å². The van der Waals surface area contributed by atoms with E-state index in [0.717, 1.165) is 6.07 Å². The predicted octanol–water partition coefficient (Wildman–Crippen LogP) is -0.641. The molecule has 2 heterocycles. The summed E-state index contributed by atoms with van der Waals surface area (Å²) in [7, 11) is 0. The van der Waals surface area contributed by atoms with Gasteiger partial charge in [-0.3, -0.25) is 19.4 Å². The summed E-state index contributed by atoms with van der Waals surface area (Å²) >= 11 is 1.27. The Kier molecular flexibility index (Phi) is 2.02. The van der Waals surface area contributed by atoms with Crippen LogP contribution in [0, 0.1) is 0 Å². The lowest BCUT2D eigenvalue weighted by Crippen LogP contribution is -2.32. The van der Waals surface area contributed by atoms with E-state index in [4.69, 9.17) is 5.84 Å². The van der Waals surface area contributed by atoms with Crippen LogP contribution in [0.15, 0.2) is 22.4 Å². The maximum Gasteiger partial charge on any atom is 0.284 e. The Labute approximate surface area is 82.0 Å². The van der Waals surface area contributed by atoms with Crippen molar-refractivity contribution in [2.75, 3.05) is 0 Å². The Morgan fingerprint density at radius 2 is 2.43 bits per heavy atom. The van der Waals surface area contributed by atoms with Crippen molar-refractivity contribution in [1.82, 2.24) is 14.8 Å². The van der Waals surface area contributed by atoms with Gasteiger partial charge in [0.05, 0.1) is 0 Å². The number of amides is 1. The number of hydrazine groups is 1. The fraction of sp³-hybridized carbons (Fsp3) is 0. The van der Waals surface area contributed by atoms with Crippen molar-refractivity contribution in [3.8, 4) is 0 Å². The highest BCUT2D eigenvalue weighted by atomic mass is 32.1. The van der Waals surface area contributed by atoms with Gasteiger partial charge in [-0.05, 0) is 0 Å². The van der Waals surface area contributed by atoms with E-state index >= 15 is 0 Å². The zero-order chi connectivity index (χ0) is 10.1. The molecule has 3 N–H and O–H groups in total. The van der Waals surface area contributed by atoms with Crippen molar-refractivity contribution in [1.29, 1.82) is 0 Å². The molecule has 0 radical (unpaired) electrons. The van der Waals surface area contributed by atoms with Gasteiger partial charge in [0.15, 0.2) is 4.96 Å². The third kappa shape index (κ3) is 1.28. The molecule has 1 amide bonds. The smallest absolute Gasteiger partial charge is 0.284 e. The zero-order valence-electron chi connectivity index (χ0n) is 6.93. The number of hydrogen-bond acceptors (Lipinski definition) is 5. The molecule has 0 aliphatic rings. The molecule has 0 bridgehead atoms. The Morgan fingerprint density at radius 3 is 3.14 bits per heavy atom. The van der Waals surface area contributed by atoms with Crippen LogP contribution < -0.4 is 16.8 Å². The molecule has 0 spiro atoms. The molecule has 0 saturated heterocycles.